The van der Waals surface area contributed by atoms with Gasteiger partial charge in [-0.2, -0.15) is 0 Å². The van der Waals surface area contributed by atoms with E-state index in [-0.39, 0.29) is 21.8 Å². The second-order valence-corrected chi connectivity index (χ2v) is 7.35. The minimum Gasteiger partial charge on any atom is -0.324 e. The summed E-state index contributed by atoms with van der Waals surface area (Å²) in [4.78, 5) is 34.7. The number of nitro groups is 1. The number of amides is 2. The van der Waals surface area contributed by atoms with Crippen molar-refractivity contribution in [1.29, 1.82) is 0 Å². The van der Waals surface area contributed by atoms with Gasteiger partial charge in [-0.05, 0) is 31.2 Å². The molecule has 1 aliphatic rings. The van der Waals surface area contributed by atoms with E-state index in [0.717, 1.165) is 0 Å². The lowest BCUT2D eigenvalue weighted by atomic mass is 10.2. The van der Waals surface area contributed by atoms with E-state index in [1.807, 2.05) is 0 Å². The molecule has 3 rings (SSSR count). The molecule has 26 heavy (non-hydrogen) atoms. The molecule has 10 heteroatoms. The highest BCUT2D eigenvalue weighted by Crippen LogP contribution is 2.31. The van der Waals surface area contributed by atoms with Crippen LogP contribution < -0.4 is 5.32 Å². The van der Waals surface area contributed by atoms with Crippen molar-refractivity contribution < 1.29 is 22.9 Å². The van der Waals surface area contributed by atoms with Gasteiger partial charge < -0.3 is 5.32 Å². The fraction of sp³-hybridized carbons (Fsp3) is 0.125. The molecule has 9 nitrogen and oxygen atoms in total. The lowest BCUT2D eigenvalue weighted by Gasteiger charge is -2.22. The average molecular weight is 375 g/mol. The van der Waals surface area contributed by atoms with E-state index in [1.54, 1.807) is 0 Å². The Kier molecular flexibility index (Phi) is 4.20. The summed E-state index contributed by atoms with van der Waals surface area (Å²) < 4.78 is 25.7. The van der Waals surface area contributed by atoms with Crippen molar-refractivity contribution in [3.05, 3.63) is 64.2 Å². The highest BCUT2D eigenvalue weighted by molar-refractivity contribution is 7.90. The van der Waals surface area contributed by atoms with Crippen LogP contribution in [-0.2, 0) is 14.8 Å². The van der Waals surface area contributed by atoms with Crippen LogP contribution in [-0.4, -0.2) is 35.5 Å². The normalized spacial score (nSPS) is 16.0. The van der Waals surface area contributed by atoms with Gasteiger partial charge in [0, 0.05) is 17.8 Å². The van der Waals surface area contributed by atoms with Crippen molar-refractivity contribution in [3.8, 4) is 0 Å². The number of fused-ring (bicyclic) bond motifs is 1. The van der Waals surface area contributed by atoms with Crippen molar-refractivity contribution in [3.63, 3.8) is 0 Å². The second-order valence-electron chi connectivity index (χ2n) is 5.57. The number of nitro benzene ring substituents is 1. The van der Waals surface area contributed by atoms with Crippen molar-refractivity contribution in [1.82, 2.24) is 4.31 Å². The van der Waals surface area contributed by atoms with Gasteiger partial charge in [-0.15, -0.1) is 0 Å². The standard InChI is InChI=1S/C16H13N3O6S/c1-10(15(20)17-11-6-8-12(9-7-11)19(22)23)18-16(21)13-4-2-3-5-14(13)26(18,24)25/h2-10H,1H3,(H,17,20). The molecule has 1 N–H and O–H groups in total. The summed E-state index contributed by atoms with van der Waals surface area (Å²) in [5.74, 6) is -1.50. The average Bonchev–Trinajstić information content (AvgIpc) is 2.81. The Labute approximate surface area is 148 Å². The summed E-state index contributed by atoms with van der Waals surface area (Å²) in [5.41, 5.74) is 0.111. The van der Waals surface area contributed by atoms with E-state index in [9.17, 15) is 28.1 Å². The SMILES string of the molecule is CC(C(=O)Nc1ccc([N+](=O)[O-])cc1)N1C(=O)c2ccccc2S1(=O)=O. The molecular formula is C16H13N3O6S. The van der Waals surface area contributed by atoms with Gasteiger partial charge in [-0.1, -0.05) is 12.1 Å². The number of rotatable bonds is 4. The Morgan fingerprint density at radius 2 is 1.77 bits per heavy atom. The van der Waals surface area contributed by atoms with Crippen LogP contribution in [0.2, 0.25) is 0 Å². The minimum atomic E-state index is -4.12. The Hall–Kier alpha value is -3.27. The van der Waals surface area contributed by atoms with Crippen LogP contribution in [0.1, 0.15) is 17.3 Å². The Morgan fingerprint density at radius 1 is 1.15 bits per heavy atom. The number of anilines is 1. The van der Waals surface area contributed by atoms with Gasteiger partial charge >= 0.3 is 0 Å². The van der Waals surface area contributed by atoms with E-state index < -0.39 is 32.8 Å². The smallest absolute Gasteiger partial charge is 0.269 e. The zero-order valence-corrected chi connectivity index (χ0v) is 14.3. The van der Waals surface area contributed by atoms with Gasteiger partial charge in [-0.3, -0.25) is 19.7 Å². The molecule has 2 aromatic carbocycles. The highest BCUT2D eigenvalue weighted by Gasteiger charge is 2.45. The molecule has 0 saturated heterocycles. The third kappa shape index (κ3) is 2.80. The Bertz CT molecular complexity index is 1020. The molecule has 0 radical (unpaired) electrons. The van der Waals surface area contributed by atoms with E-state index in [0.29, 0.717) is 4.31 Å². The number of nitrogens with one attached hydrogen (secondary N) is 1. The minimum absolute atomic E-state index is 0.0162. The Balaban J connectivity index is 1.83. The van der Waals surface area contributed by atoms with E-state index in [1.165, 1.54) is 55.5 Å². The third-order valence-corrected chi connectivity index (χ3v) is 5.84. The summed E-state index contributed by atoms with van der Waals surface area (Å²) in [5, 5.41) is 13.1. The first-order valence-corrected chi connectivity index (χ1v) is 8.90. The fourth-order valence-electron chi connectivity index (χ4n) is 2.61. The number of non-ortho nitro benzene ring substituents is 1. The molecule has 0 aliphatic carbocycles. The number of nitrogens with zero attached hydrogens (tertiary/aromatic N) is 2. The molecule has 1 heterocycles. The van der Waals surface area contributed by atoms with Crippen LogP contribution in [0.25, 0.3) is 0 Å². The molecule has 0 saturated carbocycles. The molecule has 2 amide bonds. The van der Waals surface area contributed by atoms with Crippen LogP contribution in [0, 0.1) is 10.1 Å². The molecule has 2 aromatic rings. The number of hydrogen-bond donors (Lipinski definition) is 1. The van der Waals surface area contributed by atoms with Crippen LogP contribution in [0.4, 0.5) is 11.4 Å². The van der Waals surface area contributed by atoms with Gasteiger partial charge in [0.15, 0.2) is 0 Å². The van der Waals surface area contributed by atoms with Crippen LogP contribution >= 0.6 is 0 Å². The van der Waals surface area contributed by atoms with Gasteiger partial charge in [0.05, 0.1) is 10.5 Å². The van der Waals surface area contributed by atoms with Crippen molar-refractivity contribution in [2.45, 2.75) is 17.9 Å². The lowest BCUT2D eigenvalue weighted by molar-refractivity contribution is -0.384. The number of carbonyl (C=O) groups excluding carboxylic acids is 2. The quantitative estimate of drug-likeness (QED) is 0.641. The van der Waals surface area contributed by atoms with E-state index in [2.05, 4.69) is 5.32 Å². The summed E-state index contributed by atoms with van der Waals surface area (Å²) in [6.07, 6.45) is 0. The predicted octanol–water partition coefficient (Wildman–Crippen LogP) is 1.77. The number of hydrogen-bond acceptors (Lipinski definition) is 6. The Morgan fingerprint density at radius 3 is 2.35 bits per heavy atom. The van der Waals surface area contributed by atoms with Gasteiger partial charge in [0.1, 0.15) is 10.9 Å². The third-order valence-electron chi connectivity index (χ3n) is 3.93. The number of sulfonamides is 1. The summed E-state index contributed by atoms with van der Waals surface area (Å²) in [6.45, 7) is 1.29. The molecule has 0 fully saturated rings. The van der Waals surface area contributed by atoms with Gasteiger partial charge in [0.2, 0.25) is 5.91 Å². The van der Waals surface area contributed by atoms with Crippen molar-refractivity contribution in [2.75, 3.05) is 5.32 Å². The zero-order chi connectivity index (χ0) is 19.1. The lowest BCUT2D eigenvalue weighted by Crippen LogP contribution is -2.45. The first kappa shape index (κ1) is 17.5. The summed E-state index contributed by atoms with van der Waals surface area (Å²) in [6, 6.07) is 9.47. The monoisotopic (exact) mass is 375 g/mol. The topological polar surface area (TPSA) is 127 Å². The van der Waals surface area contributed by atoms with Crippen LogP contribution in [0.15, 0.2) is 53.4 Å². The zero-order valence-electron chi connectivity index (χ0n) is 13.4. The largest absolute Gasteiger partial charge is 0.324 e. The fourth-order valence-corrected chi connectivity index (χ4v) is 4.33. The van der Waals surface area contributed by atoms with Crippen LogP contribution in [0.5, 0.6) is 0 Å². The molecular weight excluding hydrogens is 362 g/mol. The molecule has 0 spiro atoms. The molecule has 134 valence electrons. The first-order chi connectivity index (χ1) is 12.2. The number of carbonyl (C=O) groups is 2. The maximum absolute atomic E-state index is 12.6. The van der Waals surface area contributed by atoms with Crippen molar-refractivity contribution in [2.24, 2.45) is 0 Å². The molecule has 1 unspecified atom stereocenters. The predicted molar refractivity (Wildman–Crippen MR) is 91.0 cm³/mol. The van der Waals surface area contributed by atoms with Crippen LogP contribution in [0.3, 0.4) is 0 Å². The molecule has 0 aromatic heterocycles. The maximum Gasteiger partial charge on any atom is 0.269 e. The van der Waals surface area contributed by atoms with Gasteiger partial charge in [0.25, 0.3) is 21.6 Å². The summed E-state index contributed by atoms with van der Waals surface area (Å²) in [7, 11) is -4.12. The van der Waals surface area contributed by atoms with Crippen molar-refractivity contribution >= 4 is 33.2 Å². The molecule has 1 aliphatic heterocycles. The highest BCUT2D eigenvalue weighted by atomic mass is 32.2. The van der Waals surface area contributed by atoms with E-state index >= 15 is 0 Å². The number of benzene rings is 2. The summed E-state index contributed by atoms with van der Waals surface area (Å²) >= 11 is 0. The molecule has 1 atom stereocenters. The first-order valence-electron chi connectivity index (χ1n) is 7.46. The van der Waals surface area contributed by atoms with E-state index in [4.69, 9.17) is 0 Å². The van der Waals surface area contributed by atoms with Gasteiger partial charge in [-0.25, -0.2) is 12.7 Å². The molecule has 0 bridgehead atoms. The maximum atomic E-state index is 12.6. The second kappa shape index (κ2) is 6.23.